The van der Waals surface area contributed by atoms with Crippen molar-refractivity contribution in [1.29, 1.82) is 0 Å². The summed E-state index contributed by atoms with van der Waals surface area (Å²) in [6.07, 6.45) is 2.72. The zero-order valence-corrected chi connectivity index (χ0v) is 15.0. The number of fused-ring (bicyclic) bond motifs is 1. The highest BCUT2D eigenvalue weighted by Crippen LogP contribution is 2.34. The van der Waals surface area contributed by atoms with Gasteiger partial charge in [0.15, 0.2) is 0 Å². The van der Waals surface area contributed by atoms with Gasteiger partial charge in [-0.3, -0.25) is 9.78 Å². The molecule has 3 aromatic rings. The van der Waals surface area contributed by atoms with E-state index < -0.39 is 0 Å². The van der Waals surface area contributed by atoms with Crippen molar-refractivity contribution in [3.05, 3.63) is 64.8 Å². The summed E-state index contributed by atoms with van der Waals surface area (Å²) < 4.78 is 6.25. The molecule has 1 amide bonds. The lowest BCUT2D eigenvalue weighted by molar-refractivity contribution is 0.0963. The van der Waals surface area contributed by atoms with Crippen LogP contribution in [0.1, 0.15) is 34.0 Å². The van der Waals surface area contributed by atoms with E-state index in [4.69, 9.17) is 4.74 Å². The molecule has 128 valence electrons. The standard InChI is InChI=1S/C21H22N2O2/c1-5-15-10-13(2)20(14(3)11-15)25-19-8-9-23-18-7-6-16(12-17(18)19)21(24)22-4/h6-12H,5H2,1-4H3,(H,22,24). The molecular weight excluding hydrogens is 312 g/mol. The van der Waals surface area contributed by atoms with Crippen LogP contribution in [-0.2, 0) is 6.42 Å². The summed E-state index contributed by atoms with van der Waals surface area (Å²) in [7, 11) is 1.62. The van der Waals surface area contributed by atoms with Crippen LogP contribution in [0.25, 0.3) is 10.9 Å². The molecule has 0 unspecified atom stereocenters. The summed E-state index contributed by atoms with van der Waals surface area (Å²) in [4.78, 5) is 16.3. The summed E-state index contributed by atoms with van der Waals surface area (Å²) in [6, 6.07) is 11.6. The Morgan fingerprint density at radius 3 is 2.48 bits per heavy atom. The number of carbonyl (C=O) groups excluding carboxylic acids is 1. The van der Waals surface area contributed by atoms with Gasteiger partial charge in [-0.1, -0.05) is 19.1 Å². The molecule has 25 heavy (non-hydrogen) atoms. The predicted octanol–water partition coefficient (Wildman–Crippen LogP) is 4.57. The lowest BCUT2D eigenvalue weighted by Crippen LogP contribution is -2.17. The van der Waals surface area contributed by atoms with Crippen LogP contribution in [-0.4, -0.2) is 17.9 Å². The second kappa shape index (κ2) is 6.93. The van der Waals surface area contributed by atoms with E-state index in [-0.39, 0.29) is 5.91 Å². The first-order valence-electron chi connectivity index (χ1n) is 8.42. The molecule has 0 aliphatic heterocycles. The average Bonchev–Trinajstić information content (AvgIpc) is 2.63. The van der Waals surface area contributed by atoms with Crippen LogP contribution in [0.3, 0.4) is 0 Å². The van der Waals surface area contributed by atoms with Crippen LogP contribution in [0.4, 0.5) is 0 Å². The second-order valence-electron chi connectivity index (χ2n) is 6.13. The van der Waals surface area contributed by atoms with Gasteiger partial charge in [-0.15, -0.1) is 0 Å². The number of nitrogens with one attached hydrogen (secondary N) is 1. The van der Waals surface area contributed by atoms with E-state index in [9.17, 15) is 4.79 Å². The average molecular weight is 334 g/mol. The fourth-order valence-electron chi connectivity index (χ4n) is 3.01. The fourth-order valence-corrected chi connectivity index (χ4v) is 3.01. The summed E-state index contributed by atoms with van der Waals surface area (Å²) in [6.45, 7) is 6.26. The first kappa shape index (κ1) is 17.0. The van der Waals surface area contributed by atoms with Gasteiger partial charge in [0.2, 0.25) is 0 Å². The van der Waals surface area contributed by atoms with Crippen molar-refractivity contribution in [2.45, 2.75) is 27.2 Å². The SMILES string of the molecule is CCc1cc(C)c(Oc2ccnc3ccc(C(=O)NC)cc23)c(C)c1. The van der Waals surface area contributed by atoms with Crippen LogP contribution in [0.15, 0.2) is 42.6 Å². The van der Waals surface area contributed by atoms with Crippen molar-refractivity contribution >= 4 is 16.8 Å². The lowest BCUT2D eigenvalue weighted by atomic mass is 10.0. The van der Waals surface area contributed by atoms with Crippen molar-refractivity contribution < 1.29 is 9.53 Å². The monoisotopic (exact) mass is 334 g/mol. The van der Waals surface area contributed by atoms with Gasteiger partial charge in [0, 0.05) is 24.2 Å². The van der Waals surface area contributed by atoms with E-state index in [1.54, 1.807) is 19.3 Å². The Kier molecular flexibility index (Phi) is 4.70. The van der Waals surface area contributed by atoms with E-state index in [1.165, 1.54) is 5.56 Å². The van der Waals surface area contributed by atoms with E-state index in [0.29, 0.717) is 11.3 Å². The number of amides is 1. The number of hydrogen-bond donors (Lipinski definition) is 1. The molecular formula is C21H22N2O2. The number of ether oxygens (including phenoxy) is 1. The quantitative estimate of drug-likeness (QED) is 0.760. The smallest absolute Gasteiger partial charge is 0.251 e. The van der Waals surface area contributed by atoms with Gasteiger partial charge in [-0.2, -0.15) is 0 Å². The maximum atomic E-state index is 11.9. The molecule has 1 heterocycles. The maximum Gasteiger partial charge on any atom is 0.251 e. The van der Waals surface area contributed by atoms with Crippen molar-refractivity contribution in [3.8, 4) is 11.5 Å². The third-order valence-corrected chi connectivity index (χ3v) is 4.33. The Morgan fingerprint density at radius 1 is 1.12 bits per heavy atom. The van der Waals surface area contributed by atoms with E-state index in [1.807, 2.05) is 18.2 Å². The number of aromatic nitrogens is 1. The summed E-state index contributed by atoms with van der Waals surface area (Å²) in [5.41, 5.74) is 4.88. The normalized spacial score (nSPS) is 10.7. The number of carbonyl (C=O) groups is 1. The Hall–Kier alpha value is -2.88. The van der Waals surface area contributed by atoms with Gasteiger partial charge in [-0.25, -0.2) is 0 Å². The minimum atomic E-state index is -0.128. The van der Waals surface area contributed by atoms with Crippen molar-refractivity contribution in [2.75, 3.05) is 7.05 Å². The highest BCUT2D eigenvalue weighted by Gasteiger charge is 2.12. The number of hydrogen-bond acceptors (Lipinski definition) is 3. The minimum Gasteiger partial charge on any atom is -0.456 e. The molecule has 0 saturated heterocycles. The number of nitrogens with zero attached hydrogens (tertiary/aromatic N) is 1. The van der Waals surface area contributed by atoms with Gasteiger partial charge in [0.05, 0.1) is 5.52 Å². The lowest BCUT2D eigenvalue weighted by Gasteiger charge is -2.15. The van der Waals surface area contributed by atoms with Crippen LogP contribution in [0.2, 0.25) is 0 Å². The van der Waals surface area contributed by atoms with E-state index >= 15 is 0 Å². The molecule has 0 bridgehead atoms. The molecule has 3 rings (SSSR count). The number of pyridine rings is 1. The molecule has 0 saturated carbocycles. The van der Waals surface area contributed by atoms with Crippen LogP contribution < -0.4 is 10.1 Å². The Morgan fingerprint density at radius 2 is 1.84 bits per heavy atom. The third-order valence-electron chi connectivity index (χ3n) is 4.33. The van der Waals surface area contributed by atoms with Gasteiger partial charge < -0.3 is 10.1 Å². The summed E-state index contributed by atoms with van der Waals surface area (Å²) in [5, 5.41) is 3.47. The topological polar surface area (TPSA) is 51.2 Å². The highest BCUT2D eigenvalue weighted by atomic mass is 16.5. The number of aryl methyl sites for hydroxylation is 3. The molecule has 4 nitrogen and oxygen atoms in total. The van der Waals surface area contributed by atoms with Crippen LogP contribution in [0.5, 0.6) is 11.5 Å². The molecule has 1 aromatic heterocycles. The van der Waals surface area contributed by atoms with E-state index in [0.717, 1.165) is 34.2 Å². The Balaban J connectivity index is 2.09. The molecule has 0 radical (unpaired) electrons. The fraction of sp³-hybridized carbons (Fsp3) is 0.238. The molecule has 4 heteroatoms. The highest BCUT2D eigenvalue weighted by molar-refractivity contribution is 5.99. The van der Waals surface area contributed by atoms with Crippen molar-refractivity contribution in [1.82, 2.24) is 10.3 Å². The van der Waals surface area contributed by atoms with Gasteiger partial charge in [-0.05, 0) is 61.2 Å². The zero-order valence-electron chi connectivity index (χ0n) is 15.0. The third kappa shape index (κ3) is 3.33. The number of rotatable bonds is 4. The van der Waals surface area contributed by atoms with E-state index in [2.05, 4.69) is 43.2 Å². The molecule has 0 fully saturated rings. The minimum absolute atomic E-state index is 0.128. The van der Waals surface area contributed by atoms with Gasteiger partial charge >= 0.3 is 0 Å². The maximum absolute atomic E-state index is 11.9. The van der Waals surface area contributed by atoms with Crippen molar-refractivity contribution in [2.24, 2.45) is 0 Å². The first-order chi connectivity index (χ1) is 12.0. The molecule has 0 atom stereocenters. The molecule has 2 aromatic carbocycles. The summed E-state index contributed by atoms with van der Waals surface area (Å²) in [5.74, 6) is 1.43. The predicted molar refractivity (Wildman–Crippen MR) is 101 cm³/mol. The van der Waals surface area contributed by atoms with Crippen molar-refractivity contribution in [3.63, 3.8) is 0 Å². The molecule has 1 N–H and O–H groups in total. The molecule has 0 aliphatic rings. The Bertz CT molecular complexity index is 925. The van der Waals surface area contributed by atoms with Gasteiger partial charge in [0.25, 0.3) is 5.91 Å². The number of benzene rings is 2. The molecule has 0 aliphatic carbocycles. The van der Waals surface area contributed by atoms with Crippen LogP contribution in [0, 0.1) is 13.8 Å². The largest absolute Gasteiger partial charge is 0.456 e. The molecule has 0 spiro atoms. The van der Waals surface area contributed by atoms with Gasteiger partial charge in [0.1, 0.15) is 11.5 Å². The zero-order chi connectivity index (χ0) is 18.0. The second-order valence-corrected chi connectivity index (χ2v) is 6.13. The Labute approximate surface area is 147 Å². The first-order valence-corrected chi connectivity index (χ1v) is 8.42. The summed E-state index contributed by atoms with van der Waals surface area (Å²) >= 11 is 0. The van der Waals surface area contributed by atoms with Crippen LogP contribution >= 0.6 is 0 Å².